The van der Waals surface area contributed by atoms with Crippen molar-refractivity contribution in [2.75, 3.05) is 12.4 Å². The summed E-state index contributed by atoms with van der Waals surface area (Å²) >= 11 is 12.1. The lowest BCUT2D eigenvalue weighted by Crippen LogP contribution is -2.07. The Balaban J connectivity index is 1.27. The molecule has 3 aromatic carbocycles. The van der Waals surface area contributed by atoms with Crippen LogP contribution < -0.4 is 10.1 Å². The van der Waals surface area contributed by atoms with E-state index in [2.05, 4.69) is 10.3 Å². The van der Waals surface area contributed by atoms with Gasteiger partial charge in [-0.2, -0.15) is 0 Å². The molecule has 8 heteroatoms. The number of carbonyl (C=O) groups is 1. The Morgan fingerprint density at radius 1 is 0.914 bits per heavy atom. The summed E-state index contributed by atoms with van der Waals surface area (Å²) in [6.07, 6.45) is 2.98. The third-order valence-electron chi connectivity index (χ3n) is 5.16. The van der Waals surface area contributed by atoms with Crippen molar-refractivity contribution in [2.24, 2.45) is 0 Å². The van der Waals surface area contributed by atoms with Crippen LogP contribution >= 0.6 is 23.2 Å². The molecule has 0 saturated heterocycles. The normalized spacial score (nSPS) is 11.3. The molecule has 6 nitrogen and oxygen atoms in total. The van der Waals surface area contributed by atoms with E-state index in [1.54, 1.807) is 61.7 Å². The maximum absolute atomic E-state index is 12.4. The van der Waals surface area contributed by atoms with Crippen LogP contribution in [-0.4, -0.2) is 18.0 Å². The first-order valence-corrected chi connectivity index (χ1v) is 11.3. The molecule has 0 aliphatic heterocycles. The molecule has 2 aromatic heterocycles. The number of carbonyl (C=O) groups excluding carboxylic acids is 1. The van der Waals surface area contributed by atoms with E-state index >= 15 is 0 Å². The number of hydrogen-bond acceptors (Lipinski definition) is 5. The maximum Gasteiger partial charge on any atom is 0.248 e. The molecule has 1 amide bonds. The van der Waals surface area contributed by atoms with E-state index in [1.165, 1.54) is 6.08 Å². The average Bonchev–Trinajstić information content (AvgIpc) is 3.49. The van der Waals surface area contributed by atoms with E-state index in [9.17, 15) is 4.79 Å². The Labute approximate surface area is 210 Å². The van der Waals surface area contributed by atoms with Gasteiger partial charge in [0.2, 0.25) is 11.8 Å². The Bertz CT molecular complexity index is 1530. The van der Waals surface area contributed by atoms with E-state index in [0.29, 0.717) is 44.2 Å². The van der Waals surface area contributed by atoms with Gasteiger partial charge in [-0.05, 0) is 78.9 Å². The smallest absolute Gasteiger partial charge is 0.248 e. The van der Waals surface area contributed by atoms with E-state index < -0.39 is 0 Å². The van der Waals surface area contributed by atoms with Crippen LogP contribution in [0.25, 0.3) is 40.0 Å². The first-order chi connectivity index (χ1) is 17.0. The first kappa shape index (κ1) is 22.8. The van der Waals surface area contributed by atoms with Crippen LogP contribution in [0, 0.1) is 0 Å². The second-order valence-electron chi connectivity index (χ2n) is 7.61. The van der Waals surface area contributed by atoms with Crippen LogP contribution in [0.5, 0.6) is 5.75 Å². The van der Waals surface area contributed by atoms with Crippen molar-refractivity contribution in [1.29, 1.82) is 0 Å². The minimum atomic E-state index is -0.313. The lowest BCUT2D eigenvalue weighted by molar-refractivity contribution is -0.111. The largest absolute Gasteiger partial charge is 0.497 e. The number of oxazole rings is 1. The van der Waals surface area contributed by atoms with Gasteiger partial charge in [-0.3, -0.25) is 4.79 Å². The summed E-state index contributed by atoms with van der Waals surface area (Å²) in [5.74, 6) is 2.04. The number of anilines is 1. The first-order valence-electron chi connectivity index (χ1n) is 10.6. The second-order valence-corrected chi connectivity index (χ2v) is 8.49. The number of nitrogens with zero attached hydrogens (tertiary/aromatic N) is 1. The molecule has 35 heavy (non-hydrogen) atoms. The molecule has 5 aromatic rings. The molecule has 0 bridgehead atoms. The minimum absolute atomic E-state index is 0.313. The third-order valence-corrected chi connectivity index (χ3v) is 5.60. The fourth-order valence-corrected chi connectivity index (χ4v) is 4.02. The Hall–Kier alpha value is -4.00. The summed E-state index contributed by atoms with van der Waals surface area (Å²) in [4.78, 5) is 17.0. The summed E-state index contributed by atoms with van der Waals surface area (Å²) in [6, 6.07) is 21.4. The summed E-state index contributed by atoms with van der Waals surface area (Å²) in [7, 11) is 1.61. The highest BCUT2D eigenvalue weighted by Crippen LogP contribution is 2.29. The summed E-state index contributed by atoms with van der Waals surface area (Å²) in [5.41, 5.74) is 3.42. The van der Waals surface area contributed by atoms with Gasteiger partial charge in [-0.15, -0.1) is 0 Å². The van der Waals surface area contributed by atoms with Gasteiger partial charge in [0.25, 0.3) is 0 Å². The highest BCUT2D eigenvalue weighted by Gasteiger charge is 2.10. The minimum Gasteiger partial charge on any atom is -0.497 e. The quantitative estimate of drug-likeness (QED) is 0.239. The van der Waals surface area contributed by atoms with Crippen LogP contribution in [-0.2, 0) is 4.79 Å². The van der Waals surface area contributed by atoms with Crippen molar-refractivity contribution in [3.8, 4) is 28.5 Å². The Kier molecular flexibility index (Phi) is 6.31. The van der Waals surface area contributed by atoms with Crippen LogP contribution in [0.2, 0.25) is 10.0 Å². The number of hydrogen-bond donors (Lipinski definition) is 1. The number of aromatic nitrogens is 1. The molecule has 174 valence electrons. The predicted octanol–water partition coefficient (Wildman–Crippen LogP) is 7.72. The molecule has 1 N–H and O–H groups in total. The topological polar surface area (TPSA) is 77.5 Å². The van der Waals surface area contributed by atoms with E-state index in [4.69, 9.17) is 36.8 Å². The summed E-state index contributed by atoms with van der Waals surface area (Å²) in [5, 5.41) is 3.85. The number of fused-ring (bicyclic) bond motifs is 1. The zero-order valence-electron chi connectivity index (χ0n) is 18.4. The van der Waals surface area contributed by atoms with Gasteiger partial charge in [0.05, 0.1) is 7.11 Å². The van der Waals surface area contributed by atoms with Crippen molar-refractivity contribution in [2.45, 2.75) is 0 Å². The van der Waals surface area contributed by atoms with E-state index in [0.717, 1.165) is 16.9 Å². The van der Waals surface area contributed by atoms with Gasteiger partial charge in [0.15, 0.2) is 5.58 Å². The van der Waals surface area contributed by atoms with Gasteiger partial charge in [-0.25, -0.2) is 4.98 Å². The summed E-state index contributed by atoms with van der Waals surface area (Å²) in [6.45, 7) is 0. The van der Waals surface area contributed by atoms with Crippen LogP contribution in [0.3, 0.4) is 0 Å². The average molecular weight is 505 g/mol. The SMILES string of the molecule is COc1ccc(-c2nc3cc(NC(=O)/C=C/c4ccc(-c5cc(Cl)cc(Cl)c5)o4)ccc3o2)cc1. The third kappa shape index (κ3) is 5.24. The molecular formula is C27H18Cl2N2O4. The molecule has 5 rings (SSSR count). The van der Waals surface area contributed by atoms with Crippen LogP contribution in [0.4, 0.5) is 5.69 Å². The zero-order chi connectivity index (χ0) is 24.4. The monoisotopic (exact) mass is 504 g/mol. The number of furan rings is 1. The maximum atomic E-state index is 12.4. The number of methoxy groups -OCH3 is 1. The number of amides is 1. The standard InChI is InChI=1S/C27H18Cl2N2O4/c1-33-21-5-2-16(3-6-21)27-31-23-15-20(4-9-25(23)35-27)30-26(32)11-8-22-7-10-24(34-22)17-12-18(28)14-19(29)13-17/h2-15H,1H3,(H,30,32)/b11-8+. The van der Waals surface area contributed by atoms with Crippen molar-refractivity contribution in [3.05, 3.63) is 94.7 Å². The van der Waals surface area contributed by atoms with Crippen LogP contribution in [0.15, 0.2) is 87.7 Å². The van der Waals surface area contributed by atoms with Gasteiger partial charge in [-0.1, -0.05) is 23.2 Å². The Morgan fingerprint density at radius 3 is 2.43 bits per heavy atom. The molecular weight excluding hydrogens is 487 g/mol. The molecule has 0 radical (unpaired) electrons. The van der Waals surface area contributed by atoms with Crippen molar-refractivity contribution in [1.82, 2.24) is 4.98 Å². The highest BCUT2D eigenvalue weighted by atomic mass is 35.5. The molecule has 0 aliphatic carbocycles. The Morgan fingerprint density at radius 2 is 1.69 bits per heavy atom. The molecule has 0 spiro atoms. The fourth-order valence-electron chi connectivity index (χ4n) is 3.50. The lowest BCUT2D eigenvalue weighted by Gasteiger charge is -2.01. The zero-order valence-corrected chi connectivity index (χ0v) is 19.9. The highest BCUT2D eigenvalue weighted by molar-refractivity contribution is 6.35. The number of rotatable bonds is 6. The molecule has 0 fully saturated rings. The molecule has 0 aliphatic rings. The van der Waals surface area contributed by atoms with Gasteiger partial charge in [0, 0.05) is 32.9 Å². The molecule has 0 saturated carbocycles. The number of ether oxygens (including phenoxy) is 1. The van der Waals surface area contributed by atoms with Crippen molar-refractivity contribution in [3.63, 3.8) is 0 Å². The predicted molar refractivity (Wildman–Crippen MR) is 138 cm³/mol. The van der Waals surface area contributed by atoms with Crippen molar-refractivity contribution < 1.29 is 18.4 Å². The van der Waals surface area contributed by atoms with E-state index in [-0.39, 0.29) is 5.91 Å². The fraction of sp³-hybridized carbons (Fsp3) is 0.0370. The van der Waals surface area contributed by atoms with Gasteiger partial charge < -0.3 is 18.9 Å². The second kappa shape index (κ2) is 9.70. The molecule has 2 heterocycles. The van der Waals surface area contributed by atoms with Gasteiger partial charge in [0.1, 0.15) is 22.8 Å². The van der Waals surface area contributed by atoms with Gasteiger partial charge >= 0.3 is 0 Å². The van der Waals surface area contributed by atoms with E-state index in [1.807, 2.05) is 24.3 Å². The van der Waals surface area contributed by atoms with Crippen molar-refractivity contribution >= 4 is 52.0 Å². The summed E-state index contributed by atoms with van der Waals surface area (Å²) < 4.78 is 16.8. The molecule has 0 unspecified atom stereocenters. The lowest BCUT2D eigenvalue weighted by atomic mass is 10.2. The van der Waals surface area contributed by atoms with Crippen LogP contribution in [0.1, 0.15) is 5.76 Å². The number of halogens is 2. The number of nitrogens with one attached hydrogen (secondary N) is 1. The number of benzene rings is 3. The molecule has 0 atom stereocenters.